The topological polar surface area (TPSA) is 50.1 Å². The number of hydrogen-bond donors (Lipinski definition) is 0. The fourth-order valence-corrected chi connectivity index (χ4v) is 1.70. The molecule has 0 aromatic heterocycles. The number of rotatable bonds is 3. The second-order valence-electron chi connectivity index (χ2n) is 3.48. The largest absolute Gasteiger partial charge is 0.465 e. The molecule has 1 aromatic rings. The van der Waals surface area contributed by atoms with Crippen LogP contribution in [0.1, 0.15) is 40.9 Å². The molecule has 1 rings (SSSR count). The molecule has 0 fully saturated rings. The Bertz CT molecular complexity index is 419. The van der Waals surface area contributed by atoms with Crippen LogP contribution in [0.3, 0.4) is 0 Å². The standard InChI is InChI=1S/C13H15NO2/c1-4-9-6-11(13(15)16-3)7-10(5-2)12(9)8-14/h6-7H,4-5H2,1-3H3. The fourth-order valence-electron chi connectivity index (χ4n) is 1.70. The first kappa shape index (κ1) is 12.3. The maximum Gasteiger partial charge on any atom is 0.337 e. The van der Waals surface area contributed by atoms with Gasteiger partial charge in [0.05, 0.1) is 24.3 Å². The van der Waals surface area contributed by atoms with Crippen molar-refractivity contribution in [1.29, 1.82) is 5.26 Å². The van der Waals surface area contributed by atoms with Gasteiger partial charge in [-0.2, -0.15) is 5.26 Å². The van der Waals surface area contributed by atoms with Crippen LogP contribution in [0.4, 0.5) is 0 Å². The number of ether oxygens (including phenoxy) is 1. The molecular weight excluding hydrogens is 202 g/mol. The van der Waals surface area contributed by atoms with E-state index in [0.717, 1.165) is 24.0 Å². The molecule has 0 aliphatic carbocycles. The lowest BCUT2D eigenvalue weighted by Gasteiger charge is -2.09. The number of nitriles is 1. The van der Waals surface area contributed by atoms with Gasteiger partial charge in [-0.05, 0) is 36.1 Å². The van der Waals surface area contributed by atoms with Gasteiger partial charge in [0, 0.05) is 0 Å². The van der Waals surface area contributed by atoms with Crippen molar-refractivity contribution in [3.05, 3.63) is 34.4 Å². The third-order valence-corrected chi connectivity index (χ3v) is 2.60. The molecule has 0 bridgehead atoms. The number of esters is 1. The van der Waals surface area contributed by atoms with Crippen LogP contribution in [0, 0.1) is 11.3 Å². The third kappa shape index (κ3) is 2.22. The zero-order chi connectivity index (χ0) is 12.1. The quantitative estimate of drug-likeness (QED) is 0.731. The first-order valence-electron chi connectivity index (χ1n) is 5.32. The van der Waals surface area contributed by atoms with E-state index in [1.54, 1.807) is 12.1 Å². The van der Waals surface area contributed by atoms with Crippen molar-refractivity contribution in [3.8, 4) is 6.07 Å². The summed E-state index contributed by atoms with van der Waals surface area (Å²) in [5.74, 6) is -0.353. The Balaban J connectivity index is 3.38. The van der Waals surface area contributed by atoms with E-state index >= 15 is 0 Å². The molecule has 0 radical (unpaired) electrons. The first-order chi connectivity index (χ1) is 7.67. The van der Waals surface area contributed by atoms with Crippen LogP contribution in [0.15, 0.2) is 12.1 Å². The van der Waals surface area contributed by atoms with E-state index in [-0.39, 0.29) is 5.97 Å². The second kappa shape index (κ2) is 5.32. The predicted octanol–water partition coefficient (Wildman–Crippen LogP) is 2.47. The van der Waals surface area contributed by atoms with Crippen LogP contribution in [0.2, 0.25) is 0 Å². The van der Waals surface area contributed by atoms with Crippen molar-refractivity contribution in [2.24, 2.45) is 0 Å². The van der Waals surface area contributed by atoms with E-state index in [0.29, 0.717) is 11.1 Å². The molecule has 16 heavy (non-hydrogen) atoms. The molecular formula is C13H15NO2. The number of methoxy groups -OCH3 is 1. The summed E-state index contributed by atoms with van der Waals surface area (Å²) in [5.41, 5.74) is 3.03. The van der Waals surface area contributed by atoms with Crippen molar-refractivity contribution in [1.82, 2.24) is 0 Å². The third-order valence-electron chi connectivity index (χ3n) is 2.60. The minimum atomic E-state index is -0.353. The predicted molar refractivity (Wildman–Crippen MR) is 61.3 cm³/mol. The molecule has 84 valence electrons. The van der Waals surface area contributed by atoms with Crippen LogP contribution < -0.4 is 0 Å². The van der Waals surface area contributed by atoms with Gasteiger partial charge in [-0.3, -0.25) is 0 Å². The molecule has 0 saturated heterocycles. The number of carbonyl (C=O) groups is 1. The Kier molecular flexibility index (Phi) is 4.07. The van der Waals surface area contributed by atoms with Crippen molar-refractivity contribution in [2.75, 3.05) is 7.11 Å². The average molecular weight is 217 g/mol. The van der Waals surface area contributed by atoms with E-state index in [1.807, 2.05) is 13.8 Å². The Morgan fingerprint density at radius 3 is 2.12 bits per heavy atom. The van der Waals surface area contributed by atoms with Crippen molar-refractivity contribution in [2.45, 2.75) is 26.7 Å². The number of benzene rings is 1. The highest BCUT2D eigenvalue weighted by Gasteiger charge is 2.13. The van der Waals surface area contributed by atoms with Crippen molar-refractivity contribution >= 4 is 5.97 Å². The van der Waals surface area contributed by atoms with Gasteiger partial charge in [-0.1, -0.05) is 13.8 Å². The molecule has 0 aliphatic heterocycles. The Morgan fingerprint density at radius 1 is 1.31 bits per heavy atom. The van der Waals surface area contributed by atoms with Crippen LogP contribution in [0.25, 0.3) is 0 Å². The van der Waals surface area contributed by atoms with Crippen LogP contribution in [-0.2, 0) is 17.6 Å². The van der Waals surface area contributed by atoms with E-state index in [9.17, 15) is 4.79 Å². The minimum absolute atomic E-state index is 0.353. The van der Waals surface area contributed by atoms with E-state index in [4.69, 9.17) is 5.26 Å². The van der Waals surface area contributed by atoms with Gasteiger partial charge in [-0.25, -0.2) is 4.79 Å². The molecule has 0 atom stereocenters. The highest BCUT2D eigenvalue weighted by atomic mass is 16.5. The lowest BCUT2D eigenvalue weighted by Crippen LogP contribution is -2.05. The molecule has 0 N–H and O–H groups in total. The normalized spacial score (nSPS) is 9.62. The fraction of sp³-hybridized carbons (Fsp3) is 0.385. The van der Waals surface area contributed by atoms with Gasteiger partial charge in [-0.15, -0.1) is 0 Å². The summed E-state index contributed by atoms with van der Waals surface area (Å²) in [6, 6.07) is 5.68. The lowest BCUT2D eigenvalue weighted by molar-refractivity contribution is 0.0600. The van der Waals surface area contributed by atoms with Crippen LogP contribution in [-0.4, -0.2) is 13.1 Å². The maximum atomic E-state index is 11.4. The molecule has 0 heterocycles. The molecule has 1 aromatic carbocycles. The average Bonchev–Trinajstić information content (AvgIpc) is 2.35. The zero-order valence-electron chi connectivity index (χ0n) is 9.83. The monoisotopic (exact) mass is 217 g/mol. The summed E-state index contributed by atoms with van der Waals surface area (Å²) < 4.78 is 4.69. The van der Waals surface area contributed by atoms with Gasteiger partial charge >= 0.3 is 5.97 Å². The lowest BCUT2D eigenvalue weighted by atomic mass is 9.95. The van der Waals surface area contributed by atoms with Gasteiger partial charge in [0.25, 0.3) is 0 Å². The van der Waals surface area contributed by atoms with Crippen molar-refractivity contribution in [3.63, 3.8) is 0 Å². The summed E-state index contributed by atoms with van der Waals surface area (Å²) >= 11 is 0. The molecule has 0 spiro atoms. The van der Waals surface area contributed by atoms with E-state index in [1.165, 1.54) is 7.11 Å². The molecule has 3 nitrogen and oxygen atoms in total. The van der Waals surface area contributed by atoms with Gasteiger partial charge in [0.2, 0.25) is 0 Å². The smallest absolute Gasteiger partial charge is 0.337 e. The number of carbonyl (C=O) groups excluding carboxylic acids is 1. The maximum absolute atomic E-state index is 11.4. The highest BCUT2D eigenvalue weighted by Crippen LogP contribution is 2.19. The summed E-state index contributed by atoms with van der Waals surface area (Å²) in [4.78, 5) is 11.4. The van der Waals surface area contributed by atoms with E-state index < -0.39 is 0 Å². The number of nitrogens with zero attached hydrogens (tertiary/aromatic N) is 1. The summed E-state index contributed by atoms with van der Waals surface area (Å²) in [7, 11) is 1.36. The Hall–Kier alpha value is -1.82. The van der Waals surface area contributed by atoms with Crippen molar-refractivity contribution < 1.29 is 9.53 Å². The van der Waals surface area contributed by atoms with E-state index in [2.05, 4.69) is 10.8 Å². The summed E-state index contributed by atoms with van der Waals surface area (Å²) in [5, 5.41) is 9.08. The SMILES string of the molecule is CCc1cc(C(=O)OC)cc(CC)c1C#N. The van der Waals surface area contributed by atoms with Gasteiger partial charge < -0.3 is 4.74 Å². The zero-order valence-corrected chi connectivity index (χ0v) is 9.83. The summed E-state index contributed by atoms with van der Waals surface area (Å²) in [6.07, 6.45) is 1.47. The molecule has 3 heteroatoms. The molecule has 0 unspecified atom stereocenters. The number of aryl methyl sites for hydroxylation is 2. The second-order valence-corrected chi connectivity index (χ2v) is 3.48. The first-order valence-corrected chi connectivity index (χ1v) is 5.32. The molecule has 0 amide bonds. The minimum Gasteiger partial charge on any atom is -0.465 e. The van der Waals surface area contributed by atoms with Gasteiger partial charge in [0.15, 0.2) is 0 Å². The van der Waals surface area contributed by atoms with Crippen LogP contribution in [0.5, 0.6) is 0 Å². The highest BCUT2D eigenvalue weighted by molar-refractivity contribution is 5.90. The number of hydrogen-bond acceptors (Lipinski definition) is 3. The molecule has 0 saturated carbocycles. The van der Waals surface area contributed by atoms with Crippen LogP contribution >= 0.6 is 0 Å². The Labute approximate surface area is 95.7 Å². The van der Waals surface area contributed by atoms with Gasteiger partial charge in [0.1, 0.15) is 0 Å². The summed E-state index contributed by atoms with van der Waals surface area (Å²) in [6.45, 7) is 3.94. The molecule has 0 aliphatic rings. The Morgan fingerprint density at radius 2 is 1.81 bits per heavy atom.